The van der Waals surface area contributed by atoms with Crippen LogP contribution in [0.5, 0.6) is 0 Å². The van der Waals surface area contributed by atoms with Crippen LogP contribution in [-0.2, 0) is 9.59 Å². The van der Waals surface area contributed by atoms with Crippen molar-refractivity contribution in [2.75, 3.05) is 4.90 Å². The molecule has 1 amide bonds. The van der Waals surface area contributed by atoms with Gasteiger partial charge in [0.05, 0.1) is 0 Å². The summed E-state index contributed by atoms with van der Waals surface area (Å²) in [5, 5.41) is 2.01. The van der Waals surface area contributed by atoms with Crippen LogP contribution in [0, 0.1) is 0 Å². The minimum absolute atomic E-state index is 0.0646. The largest absolute Gasteiger partial charge is 0.294 e. The monoisotopic (exact) mass is 323 g/mol. The first kappa shape index (κ1) is 14.4. The summed E-state index contributed by atoms with van der Waals surface area (Å²) >= 11 is 1.63. The Balaban J connectivity index is 1.87. The van der Waals surface area contributed by atoms with Crippen LogP contribution < -0.4 is 4.90 Å². The first-order valence-corrected chi connectivity index (χ1v) is 8.81. The van der Waals surface area contributed by atoms with Crippen molar-refractivity contribution in [3.8, 4) is 0 Å². The predicted molar refractivity (Wildman–Crippen MR) is 91.5 cm³/mol. The maximum Gasteiger partial charge on any atom is 0.232 e. The number of Topliss-reactive ketones (excluding diaryl/α,β-unsaturated/α-hetero) is 1. The highest BCUT2D eigenvalue weighted by atomic mass is 32.1. The second-order valence-electron chi connectivity index (χ2n) is 5.97. The quantitative estimate of drug-likeness (QED) is 0.827. The lowest BCUT2D eigenvalue weighted by atomic mass is 9.79. The second kappa shape index (κ2) is 5.78. The summed E-state index contributed by atoms with van der Waals surface area (Å²) in [5.74, 6) is 0.228. The van der Waals surface area contributed by atoms with Crippen LogP contribution >= 0.6 is 11.3 Å². The molecule has 116 valence electrons. The van der Waals surface area contributed by atoms with Gasteiger partial charge in [-0.3, -0.25) is 14.5 Å². The highest BCUT2D eigenvalue weighted by Crippen LogP contribution is 2.44. The van der Waals surface area contributed by atoms with Crippen molar-refractivity contribution in [3.63, 3.8) is 0 Å². The van der Waals surface area contributed by atoms with Crippen molar-refractivity contribution >= 4 is 28.7 Å². The average molecular weight is 323 g/mol. The van der Waals surface area contributed by atoms with Crippen LogP contribution in [0.4, 0.5) is 5.69 Å². The topological polar surface area (TPSA) is 37.4 Å². The van der Waals surface area contributed by atoms with Gasteiger partial charge in [0.25, 0.3) is 0 Å². The van der Waals surface area contributed by atoms with E-state index in [4.69, 9.17) is 0 Å². The zero-order valence-electron chi connectivity index (χ0n) is 12.7. The highest BCUT2D eigenvalue weighted by molar-refractivity contribution is 7.10. The fourth-order valence-corrected chi connectivity index (χ4v) is 4.44. The van der Waals surface area contributed by atoms with Crippen LogP contribution in [0.15, 0.2) is 59.1 Å². The number of para-hydroxylation sites is 1. The summed E-state index contributed by atoms with van der Waals surface area (Å²) in [6.45, 7) is 0. The molecule has 1 aromatic heterocycles. The van der Waals surface area contributed by atoms with Crippen molar-refractivity contribution in [2.45, 2.75) is 31.6 Å². The Kier molecular flexibility index (Phi) is 3.62. The standard InChI is InChI=1S/C19H17NO2S/c21-16-9-4-8-15-19(16)14(17-10-5-11-23-17)12-18(22)20(15)13-6-2-1-3-7-13/h1-3,5-7,10-11,14H,4,8-9,12H2. The molecule has 0 N–H and O–H groups in total. The van der Waals surface area contributed by atoms with E-state index in [-0.39, 0.29) is 17.6 Å². The highest BCUT2D eigenvalue weighted by Gasteiger charge is 2.39. The summed E-state index contributed by atoms with van der Waals surface area (Å²) in [6.07, 6.45) is 2.59. The lowest BCUT2D eigenvalue weighted by Gasteiger charge is -2.37. The molecule has 0 saturated carbocycles. The number of nitrogens with zero attached hydrogens (tertiary/aromatic N) is 1. The van der Waals surface area contributed by atoms with Gasteiger partial charge in [-0.05, 0) is 36.4 Å². The Hall–Kier alpha value is -2.20. The number of hydrogen-bond acceptors (Lipinski definition) is 3. The van der Waals surface area contributed by atoms with Gasteiger partial charge < -0.3 is 0 Å². The Morgan fingerprint density at radius 1 is 1.00 bits per heavy atom. The molecule has 2 heterocycles. The molecular formula is C19H17NO2S. The van der Waals surface area contributed by atoms with Crippen molar-refractivity contribution in [3.05, 3.63) is 64.0 Å². The number of benzene rings is 1. The summed E-state index contributed by atoms with van der Waals surface area (Å²) in [5.41, 5.74) is 2.65. The number of amides is 1. The number of carbonyl (C=O) groups is 2. The van der Waals surface area contributed by atoms with E-state index >= 15 is 0 Å². The van der Waals surface area contributed by atoms with Gasteiger partial charge in [-0.15, -0.1) is 11.3 Å². The van der Waals surface area contributed by atoms with Crippen LogP contribution in [0.3, 0.4) is 0 Å². The van der Waals surface area contributed by atoms with E-state index in [2.05, 4.69) is 0 Å². The van der Waals surface area contributed by atoms with E-state index in [9.17, 15) is 9.59 Å². The summed E-state index contributed by atoms with van der Waals surface area (Å²) in [4.78, 5) is 28.4. The van der Waals surface area contributed by atoms with Crippen molar-refractivity contribution in [1.82, 2.24) is 0 Å². The van der Waals surface area contributed by atoms with Crippen LogP contribution in [0.1, 0.15) is 36.5 Å². The van der Waals surface area contributed by atoms with Crippen LogP contribution in [0.2, 0.25) is 0 Å². The number of allylic oxidation sites excluding steroid dienone is 2. The van der Waals surface area contributed by atoms with Crippen LogP contribution in [0.25, 0.3) is 0 Å². The summed E-state index contributed by atoms with van der Waals surface area (Å²) in [6, 6.07) is 13.7. The zero-order valence-corrected chi connectivity index (χ0v) is 13.5. The summed E-state index contributed by atoms with van der Waals surface area (Å²) < 4.78 is 0. The molecule has 0 spiro atoms. The predicted octanol–water partition coefficient (Wildman–Crippen LogP) is 4.28. The molecule has 0 bridgehead atoms. The van der Waals surface area contributed by atoms with E-state index in [1.54, 1.807) is 16.2 Å². The Morgan fingerprint density at radius 2 is 1.83 bits per heavy atom. The smallest absolute Gasteiger partial charge is 0.232 e. The maximum atomic E-state index is 12.8. The lowest BCUT2D eigenvalue weighted by Crippen LogP contribution is -2.40. The second-order valence-corrected chi connectivity index (χ2v) is 6.95. The molecule has 1 unspecified atom stereocenters. The number of thiophene rings is 1. The molecule has 1 aliphatic heterocycles. The molecule has 2 aliphatic rings. The third-order valence-electron chi connectivity index (χ3n) is 4.58. The molecule has 1 aliphatic carbocycles. The molecular weight excluding hydrogens is 306 g/mol. The molecule has 1 atom stereocenters. The Morgan fingerprint density at radius 3 is 2.57 bits per heavy atom. The molecule has 3 nitrogen and oxygen atoms in total. The van der Waals surface area contributed by atoms with Gasteiger partial charge in [0.15, 0.2) is 5.78 Å². The number of ketones is 1. The number of rotatable bonds is 2. The van der Waals surface area contributed by atoms with E-state index < -0.39 is 0 Å². The van der Waals surface area contributed by atoms with Gasteiger partial charge in [0.1, 0.15) is 0 Å². The number of carbonyl (C=O) groups excluding carboxylic acids is 2. The molecule has 23 heavy (non-hydrogen) atoms. The first-order valence-electron chi connectivity index (χ1n) is 7.93. The summed E-state index contributed by atoms with van der Waals surface area (Å²) in [7, 11) is 0. The van der Waals surface area contributed by atoms with E-state index in [1.165, 1.54) is 0 Å². The number of anilines is 1. The lowest BCUT2D eigenvalue weighted by molar-refractivity contribution is -0.119. The first-order chi connectivity index (χ1) is 11.3. The molecule has 2 aromatic rings. The van der Waals surface area contributed by atoms with Crippen molar-refractivity contribution in [2.24, 2.45) is 0 Å². The van der Waals surface area contributed by atoms with E-state index in [0.29, 0.717) is 12.8 Å². The van der Waals surface area contributed by atoms with Gasteiger partial charge in [-0.25, -0.2) is 0 Å². The molecule has 0 saturated heterocycles. The molecule has 0 radical (unpaired) electrons. The third-order valence-corrected chi connectivity index (χ3v) is 5.56. The van der Waals surface area contributed by atoms with Crippen molar-refractivity contribution < 1.29 is 9.59 Å². The fraction of sp³-hybridized carbons (Fsp3) is 0.263. The van der Waals surface area contributed by atoms with Gasteiger partial charge in [-0.2, -0.15) is 0 Å². The normalized spacial score (nSPS) is 21.6. The minimum Gasteiger partial charge on any atom is -0.294 e. The Labute approximate surface area is 139 Å². The van der Waals surface area contributed by atoms with Gasteiger partial charge >= 0.3 is 0 Å². The van der Waals surface area contributed by atoms with Gasteiger partial charge in [-0.1, -0.05) is 24.3 Å². The molecule has 1 aromatic carbocycles. The fourth-order valence-electron chi connectivity index (χ4n) is 3.60. The van der Waals surface area contributed by atoms with Crippen LogP contribution in [-0.4, -0.2) is 11.7 Å². The van der Waals surface area contributed by atoms with Gasteiger partial charge in [0.2, 0.25) is 5.91 Å². The molecule has 4 rings (SSSR count). The zero-order chi connectivity index (χ0) is 15.8. The SMILES string of the molecule is O=C1CCCC2=C1C(c1cccs1)CC(=O)N2c1ccccc1. The Bertz CT molecular complexity index is 777. The average Bonchev–Trinajstić information content (AvgIpc) is 3.09. The van der Waals surface area contributed by atoms with E-state index in [1.807, 2.05) is 47.8 Å². The van der Waals surface area contributed by atoms with Gasteiger partial charge in [0, 0.05) is 40.6 Å². The van der Waals surface area contributed by atoms with E-state index in [0.717, 1.165) is 34.7 Å². The number of hydrogen-bond donors (Lipinski definition) is 0. The van der Waals surface area contributed by atoms with Crippen molar-refractivity contribution in [1.29, 1.82) is 0 Å². The maximum absolute atomic E-state index is 12.8. The molecule has 4 heteroatoms. The molecule has 0 fully saturated rings. The third kappa shape index (κ3) is 2.43. The minimum atomic E-state index is -0.0646.